The van der Waals surface area contributed by atoms with E-state index in [0.29, 0.717) is 27.1 Å². The molecule has 0 aliphatic rings. The van der Waals surface area contributed by atoms with Crippen molar-refractivity contribution in [2.24, 2.45) is 0 Å². The Hall–Kier alpha value is -2.45. The molecule has 1 aromatic heterocycles. The number of para-hydroxylation sites is 1. The molecule has 0 amide bonds. The molecule has 2 aromatic carbocycles. The minimum Gasteiger partial charge on any atom is -0.329 e. The summed E-state index contributed by atoms with van der Waals surface area (Å²) in [4.78, 5) is 2.98. The number of rotatable bonds is 1. The van der Waals surface area contributed by atoms with Crippen LogP contribution in [0.2, 0.25) is 0 Å². The molecule has 0 aliphatic heterocycles. The zero-order valence-corrected chi connectivity index (χ0v) is 11.5. The molecule has 0 bridgehead atoms. The zero-order chi connectivity index (χ0) is 14.3. The second-order valence-corrected chi connectivity index (χ2v) is 4.92. The van der Waals surface area contributed by atoms with Crippen molar-refractivity contribution in [2.45, 2.75) is 6.92 Å². The van der Waals surface area contributed by atoms with Crippen LogP contribution in [0, 0.1) is 28.8 Å². The average Bonchev–Trinajstić information content (AvgIpc) is 2.77. The van der Waals surface area contributed by atoms with E-state index in [0.717, 1.165) is 5.56 Å². The van der Waals surface area contributed by atoms with Crippen LogP contribution in [0.4, 0.5) is 4.39 Å². The Kier molecular flexibility index (Phi) is 2.88. The van der Waals surface area contributed by atoms with Crippen molar-refractivity contribution in [1.29, 1.82) is 5.26 Å². The van der Waals surface area contributed by atoms with Gasteiger partial charge in [-0.3, -0.25) is 4.57 Å². The molecule has 20 heavy (non-hydrogen) atoms. The van der Waals surface area contributed by atoms with Gasteiger partial charge in [-0.2, -0.15) is 5.26 Å². The lowest BCUT2D eigenvalue weighted by atomic mass is 10.2. The van der Waals surface area contributed by atoms with Crippen LogP contribution in [-0.2, 0) is 0 Å². The molecule has 0 spiro atoms. The van der Waals surface area contributed by atoms with Crippen LogP contribution in [0.15, 0.2) is 36.4 Å². The first-order valence-corrected chi connectivity index (χ1v) is 6.43. The minimum absolute atomic E-state index is 0.352. The number of nitrogens with one attached hydrogen (secondary N) is 1. The Labute approximate surface area is 119 Å². The summed E-state index contributed by atoms with van der Waals surface area (Å²) < 4.78 is 16.1. The molecule has 0 aliphatic carbocycles. The van der Waals surface area contributed by atoms with Crippen LogP contribution < -0.4 is 0 Å². The number of aryl methyl sites for hydroxylation is 1. The van der Waals surface area contributed by atoms with Gasteiger partial charge in [-0.15, -0.1) is 0 Å². The summed E-state index contributed by atoms with van der Waals surface area (Å²) in [5.74, 6) is -0.352. The van der Waals surface area contributed by atoms with E-state index < -0.39 is 0 Å². The maximum absolute atomic E-state index is 14.1. The van der Waals surface area contributed by atoms with E-state index in [9.17, 15) is 4.39 Å². The molecule has 98 valence electrons. The Morgan fingerprint density at radius 2 is 2.10 bits per heavy atom. The highest BCUT2D eigenvalue weighted by Gasteiger charge is 2.12. The van der Waals surface area contributed by atoms with Gasteiger partial charge in [0.15, 0.2) is 4.77 Å². The molecular weight excluding hydrogens is 273 g/mol. The second-order valence-electron chi connectivity index (χ2n) is 4.53. The lowest BCUT2D eigenvalue weighted by molar-refractivity contribution is 0.618. The highest BCUT2D eigenvalue weighted by atomic mass is 32.1. The third kappa shape index (κ3) is 1.82. The summed E-state index contributed by atoms with van der Waals surface area (Å²) in [5, 5.41) is 9.12. The smallest absolute Gasteiger partial charge is 0.182 e. The van der Waals surface area contributed by atoms with E-state index in [-0.39, 0.29) is 5.82 Å². The fourth-order valence-electron chi connectivity index (χ4n) is 2.26. The first-order chi connectivity index (χ1) is 9.61. The Balaban J connectivity index is 2.44. The molecule has 0 fully saturated rings. The molecule has 3 nitrogen and oxygen atoms in total. The van der Waals surface area contributed by atoms with Crippen LogP contribution in [0.25, 0.3) is 16.7 Å². The van der Waals surface area contributed by atoms with E-state index in [1.165, 1.54) is 6.07 Å². The number of aromatic nitrogens is 2. The summed E-state index contributed by atoms with van der Waals surface area (Å²) in [6, 6.07) is 12.2. The summed E-state index contributed by atoms with van der Waals surface area (Å²) in [5.41, 5.74) is 3.13. The maximum atomic E-state index is 14.1. The first kappa shape index (κ1) is 12.6. The third-order valence-corrected chi connectivity index (χ3v) is 3.47. The molecule has 0 radical (unpaired) electrons. The van der Waals surface area contributed by atoms with Gasteiger partial charge in [-0.05, 0) is 49.0 Å². The van der Waals surface area contributed by atoms with Crippen molar-refractivity contribution in [2.75, 3.05) is 0 Å². The second kappa shape index (κ2) is 4.58. The average molecular weight is 283 g/mol. The highest BCUT2D eigenvalue weighted by Crippen LogP contribution is 2.24. The molecule has 5 heteroatoms. The fourth-order valence-corrected chi connectivity index (χ4v) is 2.56. The highest BCUT2D eigenvalue weighted by molar-refractivity contribution is 7.71. The number of halogens is 1. The summed E-state index contributed by atoms with van der Waals surface area (Å²) in [6.07, 6.45) is 0. The van der Waals surface area contributed by atoms with Crippen molar-refractivity contribution in [1.82, 2.24) is 9.55 Å². The van der Waals surface area contributed by atoms with Crippen LogP contribution >= 0.6 is 12.2 Å². The molecular formula is C15H10FN3S. The van der Waals surface area contributed by atoms with Gasteiger partial charge < -0.3 is 4.98 Å². The van der Waals surface area contributed by atoms with Gasteiger partial charge in [0.1, 0.15) is 11.9 Å². The largest absolute Gasteiger partial charge is 0.329 e. The van der Waals surface area contributed by atoms with Crippen molar-refractivity contribution in [3.8, 4) is 11.8 Å². The number of fused-ring (bicyclic) bond motifs is 1. The van der Waals surface area contributed by atoms with Gasteiger partial charge in [-0.25, -0.2) is 4.39 Å². The Morgan fingerprint density at radius 3 is 2.85 bits per heavy atom. The van der Waals surface area contributed by atoms with Gasteiger partial charge >= 0.3 is 0 Å². The number of imidazole rings is 1. The lowest BCUT2D eigenvalue weighted by Crippen LogP contribution is -1.98. The number of nitrogens with zero attached hydrogens (tertiary/aromatic N) is 2. The predicted molar refractivity (Wildman–Crippen MR) is 77.9 cm³/mol. The van der Waals surface area contributed by atoms with E-state index in [1.807, 2.05) is 13.0 Å². The molecule has 0 saturated carbocycles. The molecule has 0 atom stereocenters. The molecule has 0 saturated heterocycles. The van der Waals surface area contributed by atoms with Crippen molar-refractivity contribution >= 4 is 23.3 Å². The number of aromatic amines is 1. The monoisotopic (exact) mass is 283 g/mol. The van der Waals surface area contributed by atoms with Crippen molar-refractivity contribution in [3.05, 3.63) is 58.1 Å². The van der Waals surface area contributed by atoms with Crippen molar-refractivity contribution < 1.29 is 4.39 Å². The summed E-state index contributed by atoms with van der Waals surface area (Å²) in [6.45, 7) is 1.89. The molecule has 1 heterocycles. The van der Waals surface area contributed by atoms with Gasteiger partial charge in [0.25, 0.3) is 0 Å². The van der Waals surface area contributed by atoms with Gasteiger partial charge in [0.05, 0.1) is 22.3 Å². The number of H-pyrrole nitrogens is 1. The topological polar surface area (TPSA) is 44.5 Å². The Morgan fingerprint density at radius 1 is 1.30 bits per heavy atom. The van der Waals surface area contributed by atoms with Crippen LogP contribution in [0.3, 0.4) is 0 Å². The molecule has 3 aromatic rings. The number of nitriles is 1. The van der Waals surface area contributed by atoms with Gasteiger partial charge in [0, 0.05) is 0 Å². The standard InChI is InChI=1S/C15H10FN3S/c1-9-5-6-11(16)13(7-9)19-12-4-2-3-10(8-17)14(12)18-15(19)20/h2-7H,1H3,(H,18,20). The molecule has 0 unspecified atom stereocenters. The van der Waals surface area contributed by atoms with E-state index >= 15 is 0 Å². The maximum Gasteiger partial charge on any atom is 0.182 e. The van der Waals surface area contributed by atoms with Crippen LogP contribution in [0.1, 0.15) is 11.1 Å². The first-order valence-electron chi connectivity index (χ1n) is 6.02. The summed E-state index contributed by atoms with van der Waals surface area (Å²) in [7, 11) is 0. The van der Waals surface area contributed by atoms with E-state index in [4.69, 9.17) is 17.5 Å². The predicted octanol–water partition coefficient (Wildman–Crippen LogP) is 4.01. The number of hydrogen-bond donors (Lipinski definition) is 1. The molecule has 3 rings (SSSR count). The summed E-state index contributed by atoms with van der Waals surface area (Å²) >= 11 is 5.28. The van der Waals surface area contributed by atoms with Crippen LogP contribution in [0.5, 0.6) is 0 Å². The van der Waals surface area contributed by atoms with Crippen molar-refractivity contribution in [3.63, 3.8) is 0 Å². The molecule has 1 N–H and O–H groups in total. The van der Waals surface area contributed by atoms with Gasteiger partial charge in [-0.1, -0.05) is 12.1 Å². The van der Waals surface area contributed by atoms with Gasteiger partial charge in [0.2, 0.25) is 0 Å². The van der Waals surface area contributed by atoms with E-state index in [1.54, 1.807) is 28.8 Å². The lowest BCUT2D eigenvalue weighted by Gasteiger charge is -2.07. The zero-order valence-electron chi connectivity index (χ0n) is 10.6. The Bertz CT molecular complexity index is 915. The number of benzene rings is 2. The van der Waals surface area contributed by atoms with E-state index in [2.05, 4.69) is 11.1 Å². The third-order valence-electron chi connectivity index (χ3n) is 3.18. The fraction of sp³-hybridized carbons (Fsp3) is 0.0667. The minimum atomic E-state index is -0.352. The SMILES string of the molecule is Cc1ccc(F)c(-n2c(=S)[nH]c3c(C#N)cccc32)c1. The number of hydrogen-bond acceptors (Lipinski definition) is 2. The van der Waals surface area contributed by atoms with Crippen LogP contribution in [-0.4, -0.2) is 9.55 Å². The quantitative estimate of drug-likeness (QED) is 0.686. The normalized spacial score (nSPS) is 10.7.